The number of hydrogen-bond donors (Lipinski definition) is 1. The molecule has 0 saturated carbocycles. The van der Waals surface area contributed by atoms with Crippen molar-refractivity contribution >= 4 is 0 Å². The molecule has 1 aromatic heterocycles. The normalized spacial score (nSPS) is 11.6. The molecule has 3 nitrogen and oxygen atoms in total. The lowest BCUT2D eigenvalue weighted by molar-refractivity contribution is 0.489. The fourth-order valence-electron chi connectivity index (χ4n) is 1.85. The molecule has 0 bridgehead atoms. The molecular weight excluding hydrogens is 210 g/mol. The lowest BCUT2D eigenvalue weighted by atomic mass is 10.1. The smallest absolute Gasteiger partial charge is 0.122 e. The van der Waals surface area contributed by atoms with Gasteiger partial charge in [0.25, 0.3) is 0 Å². The van der Waals surface area contributed by atoms with Crippen molar-refractivity contribution in [2.75, 3.05) is 6.54 Å². The molecule has 0 radical (unpaired) electrons. The van der Waals surface area contributed by atoms with Gasteiger partial charge in [-0.25, -0.2) is 4.98 Å². The van der Waals surface area contributed by atoms with Crippen LogP contribution in [0.25, 0.3) is 0 Å². The van der Waals surface area contributed by atoms with Crippen molar-refractivity contribution in [3.63, 3.8) is 0 Å². The Hall–Kier alpha value is -0.830. The molecule has 0 aromatic carbocycles. The summed E-state index contributed by atoms with van der Waals surface area (Å²) >= 11 is 0. The molecule has 1 aromatic rings. The van der Waals surface area contributed by atoms with Crippen LogP contribution in [0.2, 0.25) is 0 Å². The first-order valence-electron chi connectivity index (χ1n) is 6.80. The highest BCUT2D eigenvalue weighted by Gasteiger charge is 2.03. The number of hydrogen-bond acceptors (Lipinski definition) is 2. The lowest BCUT2D eigenvalue weighted by Gasteiger charge is -2.11. The largest absolute Gasteiger partial charge is 0.334 e. The van der Waals surface area contributed by atoms with Crippen LogP contribution in [0.1, 0.15) is 46.4 Å². The van der Waals surface area contributed by atoms with Gasteiger partial charge in [-0.3, -0.25) is 0 Å². The number of nitrogens with zero attached hydrogens (tertiary/aromatic N) is 2. The van der Waals surface area contributed by atoms with Gasteiger partial charge in [-0.05, 0) is 31.2 Å². The zero-order chi connectivity index (χ0) is 12.7. The third-order valence-electron chi connectivity index (χ3n) is 2.82. The summed E-state index contributed by atoms with van der Waals surface area (Å²) in [5.41, 5.74) is 0. The maximum atomic E-state index is 4.41. The van der Waals surface area contributed by atoms with Gasteiger partial charge in [-0.15, -0.1) is 0 Å². The van der Waals surface area contributed by atoms with Crippen LogP contribution in [0.5, 0.6) is 0 Å². The summed E-state index contributed by atoms with van der Waals surface area (Å²) in [4.78, 5) is 4.41. The molecule has 0 aliphatic carbocycles. The SMILES string of the molecule is CC(C)CCCn1ccnc1CNCC(C)C. The quantitative estimate of drug-likeness (QED) is 0.753. The fourth-order valence-corrected chi connectivity index (χ4v) is 1.85. The second kappa shape index (κ2) is 7.49. The van der Waals surface area contributed by atoms with Crippen molar-refractivity contribution in [1.29, 1.82) is 0 Å². The van der Waals surface area contributed by atoms with Gasteiger partial charge in [0.15, 0.2) is 0 Å². The molecule has 0 spiro atoms. The highest BCUT2D eigenvalue weighted by atomic mass is 15.1. The number of aromatic nitrogens is 2. The Morgan fingerprint density at radius 1 is 1.24 bits per heavy atom. The summed E-state index contributed by atoms with van der Waals surface area (Å²) in [6, 6.07) is 0. The fraction of sp³-hybridized carbons (Fsp3) is 0.786. The monoisotopic (exact) mass is 237 g/mol. The van der Waals surface area contributed by atoms with E-state index < -0.39 is 0 Å². The Kier molecular flexibility index (Phi) is 6.27. The van der Waals surface area contributed by atoms with E-state index in [9.17, 15) is 0 Å². The minimum atomic E-state index is 0.694. The van der Waals surface area contributed by atoms with Crippen LogP contribution in [0.3, 0.4) is 0 Å². The molecule has 0 aliphatic heterocycles. The van der Waals surface area contributed by atoms with E-state index >= 15 is 0 Å². The van der Waals surface area contributed by atoms with Crippen molar-refractivity contribution in [1.82, 2.24) is 14.9 Å². The highest BCUT2D eigenvalue weighted by molar-refractivity contribution is 4.91. The first-order valence-corrected chi connectivity index (χ1v) is 6.80. The predicted octanol–water partition coefficient (Wildman–Crippen LogP) is 3.06. The standard InChI is InChI=1S/C14H27N3/c1-12(2)6-5-8-17-9-7-16-14(17)11-15-10-13(3)4/h7,9,12-13,15H,5-6,8,10-11H2,1-4H3. The third kappa shape index (κ3) is 5.87. The van der Waals surface area contributed by atoms with E-state index in [2.05, 4.69) is 48.8 Å². The van der Waals surface area contributed by atoms with Crippen molar-refractivity contribution in [2.45, 2.75) is 53.6 Å². The lowest BCUT2D eigenvalue weighted by Crippen LogP contribution is -2.21. The van der Waals surface area contributed by atoms with Crippen LogP contribution in [0.15, 0.2) is 12.4 Å². The summed E-state index contributed by atoms with van der Waals surface area (Å²) < 4.78 is 2.27. The maximum Gasteiger partial charge on any atom is 0.122 e. The summed E-state index contributed by atoms with van der Waals surface area (Å²) in [5.74, 6) is 2.65. The molecular formula is C14H27N3. The van der Waals surface area contributed by atoms with Gasteiger partial charge in [0.2, 0.25) is 0 Å². The van der Waals surface area contributed by atoms with E-state index in [4.69, 9.17) is 0 Å². The molecule has 17 heavy (non-hydrogen) atoms. The Balaban J connectivity index is 2.32. The van der Waals surface area contributed by atoms with Crippen LogP contribution in [0.4, 0.5) is 0 Å². The molecule has 0 unspecified atom stereocenters. The summed E-state index contributed by atoms with van der Waals surface area (Å²) in [6.07, 6.45) is 6.52. The average molecular weight is 237 g/mol. The molecule has 1 rings (SSSR count). The molecule has 3 heteroatoms. The Bertz CT molecular complexity index is 274. The van der Waals surface area contributed by atoms with Crippen molar-refractivity contribution in [3.05, 3.63) is 18.2 Å². The Morgan fingerprint density at radius 2 is 2.00 bits per heavy atom. The van der Waals surface area contributed by atoms with Gasteiger partial charge in [0.05, 0.1) is 6.54 Å². The topological polar surface area (TPSA) is 29.9 Å². The summed E-state index contributed by atoms with van der Waals surface area (Å²) in [7, 11) is 0. The summed E-state index contributed by atoms with van der Waals surface area (Å²) in [5, 5.41) is 3.44. The van der Waals surface area contributed by atoms with Crippen LogP contribution in [0, 0.1) is 11.8 Å². The molecule has 0 fully saturated rings. The minimum Gasteiger partial charge on any atom is -0.334 e. The molecule has 0 atom stereocenters. The van der Waals surface area contributed by atoms with E-state index in [0.29, 0.717) is 5.92 Å². The highest BCUT2D eigenvalue weighted by Crippen LogP contribution is 2.07. The molecule has 0 saturated heterocycles. The van der Waals surface area contributed by atoms with Gasteiger partial charge in [-0.1, -0.05) is 27.7 Å². The second-order valence-corrected chi connectivity index (χ2v) is 5.60. The van der Waals surface area contributed by atoms with Crippen LogP contribution in [-0.4, -0.2) is 16.1 Å². The van der Waals surface area contributed by atoms with Crippen LogP contribution < -0.4 is 5.32 Å². The second-order valence-electron chi connectivity index (χ2n) is 5.60. The summed E-state index contributed by atoms with van der Waals surface area (Å²) in [6.45, 7) is 12.0. The maximum absolute atomic E-state index is 4.41. The first kappa shape index (κ1) is 14.2. The average Bonchev–Trinajstić information content (AvgIpc) is 2.65. The van der Waals surface area contributed by atoms with Crippen LogP contribution >= 0.6 is 0 Å². The zero-order valence-electron chi connectivity index (χ0n) is 11.7. The predicted molar refractivity (Wildman–Crippen MR) is 72.8 cm³/mol. The number of imidazole rings is 1. The number of nitrogens with one attached hydrogen (secondary N) is 1. The molecule has 0 aliphatic rings. The van der Waals surface area contributed by atoms with E-state index in [0.717, 1.165) is 31.4 Å². The van der Waals surface area contributed by atoms with Gasteiger partial charge >= 0.3 is 0 Å². The van der Waals surface area contributed by atoms with E-state index in [1.54, 1.807) is 0 Å². The third-order valence-corrected chi connectivity index (χ3v) is 2.82. The van der Waals surface area contributed by atoms with Crippen molar-refractivity contribution in [3.8, 4) is 0 Å². The number of aryl methyl sites for hydroxylation is 1. The van der Waals surface area contributed by atoms with Gasteiger partial charge in [-0.2, -0.15) is 0 Å². The van der Waals surface area contributed by atoms with Gasteiger partial charge < -0.3 is 9.88 Å². The Labute approximate surface area is 106 Å². The molecule has 1 N–H and O–H groups in total. The molecule has 0 amide bonds. The van der Waals surface area contributed by atoms with Crippen molar-refractivity contribution < 1.29 is 0 Å². The van der Waals surface area contributed by atoms with E-state index in [-0.39, 0.29) is 0 Å². The van der Waals surface area contributed by atoms with Crippen molar-refractivity contribution in [2.24, 2.45) is 11.8 Å². The van der Waals surface area contributed by atoms with E-state index in [1.165, 1.54) is 12.8 Å². The Morgan fingerprint density at radius 3 is 2.65 bits per heavy atom. The van der Waals surface area contributed by atoms with Crippen LogP contribution in [-0.2, 0) is 13.1 Å². The number of rotatable bonds is 8. The molecule has 98 valence electrons. The van der Waals surface area contributed by atoms with Gasteiger partial charge in [0, 0.05) is 18.9 Å². The molecule has 1 heterocycles. The van der Waals surface area contributed by atoms with E-state index in [1.807, 2.05) is 6.20 Å². The van der Waals surface area contributed by atoms with Gasteiger partial charge in [0.1, 0.15) is 5.82 Å². The first-order chi connectivity index (χ1) is 8.09. The minimum absolute atomic E-state index is 0.694. The zero-order valence-corrected chi connectivity index (χ0v) is 11.7.